The van der Waals surface area contributed by atoms with E-state index in [0.717, 1.165) is 18.4 Å². The molecular weight excluding hydrogens is 264 g/mol. The third-order valence-electron chi connectivity index (χ3n) is 3.45. The molecule has 0 saturated carbocycles. The molecule has 1 saturated heterocycles. The molecule has 5 nitrogen and oxygen atoms in total. The van der Waals surface area contributed by atoms with Gasteiger partial charge in [-0.3, -0.25) is 0 Å². The van der Waals surface area contributed by atoms with Gasteiger partial charge in [-0.25, -0.2) is 8.42 Å². The monoisotopic (exact) mass is 284 g/mol. The van der Waals surface area contributed by atoms with E-state index in [-0.39, 0.29) is 6.10 Å². The molecule has 2 rings (SSSR count). The minimum Gasteiger partial charge on any atom is -0.380 e. The fourth-order valence-corrected chi connectivity index (χ4v) is 3.88. The summed E-state index contributed by atoms with van der Waals surface area (Å²) >= 11 is 0. The molecule has 1 unspecified atom stereocenters. The second-order valence-electron chi connectivity index (χ2n) is 4.71. The zero-order valence-corrected chi connectivity index (χ0v) is 11.9. The standard InChI is InChI=1S/C13H20N2O3S/c1-18-12-5-3-7-15(10-12)19(16,17)13-6-2-4-11(8-13)9-14/h2,4,6,8,12H,3,5,7,9-10,14H2,1H3. The molecule has 0 radical (unpaired) electrons. The Bertz CT molecular complexity index is 530. The van der Waals surface area contributed by atoms with E-state index in [1.807, 2.05) is 6.07 Å². The van der Waals surface area contributed by atoms with Crippen LogP contribution in [0.15, 0.2) is 29.2 Å². The molecule has 6 heteroatoms. The highest BCUT2D eigenvalue weighted by molar-refractivity contribution is 7.89. The molecule has 106 valence electrons. The number of nitrogens with zero attached hydrogens (tertiary/aromatic N) is 1. The quantitative estimate of drug-likeness (QED) is 0.893. The first-order valence-corrected chi connectivity index (χ1v) is 7.84. The Morgan fingerprint density at radius 3 is 2.95 bits per heavy atom. The SMILES string of the molecule is COC1CCCN(S(=O)(=O)c2cccc(CN)c2)C1. The van der Waals surface area contributed by atoms with Crippen molar-refractivity contribution in [1.82, 2.24) is 4.31 Å². The number of piperidine rings is 1. The minimum atomic E-state index is -3.44. The molecule has 1 heterocycles. The van der Waals surface area contributed by atoms with Gasteiger partial charge in [0.25, 0.3) is 0 Å². The molecule has 1 fully saturated rings. The van der Waals surface area contributed by atoms with E-state index in [4.69, 9.17) is 10.5 Å². The summed E-state index contributed by atoms with van der Waals surface area (Å²) < 4.78 is 31.9. The summed E-state index contributed by atoms with van der Waals surface area (Å²) in [5.41, 5.74) is 6.38. The molecule has 0 spiro atoms. The predicted molar refractivity (Wildman–Crippen MR) is 73.1 cm³/mol. The lowest BCUT2D eigenvalue weighted by molar-refractivity contribution is 0.0572. The highest BCUT2D eigenvalue weighted by atomic mass is 32.2. The average molecular weight is 284 g/mol. The number of sulfonamides is 1. The van der Waals surface area contributed by atoms with Gasteiger partial charge in [0, 0.05) is 26.7 Å². The molecule has 1 aliphatic rings. The topological polar surface area (TPSA) is 72.6 Å². The van der Waals surface area contributed by atoms with Crippen molar-refractivity contribution in [3.8, 4) is 0 Å². The van der Waals surface area contributed by atoms with E-state index in [1.54, 1.807) is 25.3 Å². The molecule has 19 heavy (non-hydrogen) atoms. The maximum Gasteiger partial charge on any atom is 0.243 e. The van der Waals surface area contributed by atoms with E-state index in [0.29, 0.717) is 24.5 Å². The number of ether oxygens (including phenoxy) is 1. The van der Waals surface area contributed by atoms with Crippen LogP contribution >= 0.6 is 0 Å². The Balaban J connectivity index is 2.25. The Hall–Kier alpha value is -0.950. The van der Waals surface area contributed by atoms with E-state index >= 15 is 0 Å². The van der Waals surface area contributed by atoms with E-state index in [9.17, 15) is 8.42 Å². The van der Waals surface area contributed by atoms with Gasteiger partial charge in [0.05, 0.1) is 11.0 Å². The Kier molecular flexibility index (Phi) is 4.57. The molecule has 0 bridgehead atoms. The van der Waals surface area contributed by atoms with Crippen LogP contribution in [-0.2, 0) is 21.3 Å². The minimum absolute atomic E-state index is 0.0128. The molecule has 1 aromatic carbocycles. The number of hydrogen-bond donors (Lipinski definition) is 1. The van der Waals surface area contributed by atoms with Gasteiger partial charge in [0.15, 0.2) is 0 Å². The van der Waals surface area contributed by atoms with Crippen LogP contribution < -0.4 is 5.73 Å². The fraction of sp³-hybridized carbons (Fsp3) is 0.538. The van der Waals surface area contributed by atoms with Gasteiger partial charge >= 0.3 is 0 Å². The maximum atomic E-state index is 12.5. The second kappa shape index (κ2) is 6.00. The van der Waals surface area contributed by atoms with Crippen molar-refractivity contribution in [1.29, 1.82) is 0 Å². The highest BCUT2D eigenvalue weighted by Crippen LogP contribution is 2.22. The van der Waals surface area contributed by atoms with Gasteiger partial charge in [0.1, 0.15) is 0 Å². The van der Waals surface area contributed by atoms with Crippen LogP contribution in [0, 0.1) is 0 Å². The third kappa shape index (κ3) is 3.14. The fourth-order valence-electron chi connectivity index (χ4n) is 2.30. The maximum absolute atomic E-state index is 12.5. The first-order chi connectivity index (χ1) is 9.07. The zero-order valence-electron chi connectivity index (χ0n) is 11.1. The van der Waals surface area contributed by atoms with Crippen LogP contribution in [0.25, 0.3) is 0 Å². The van der Waals surface area contributed by atoms with Crippen molar-refractivity contribution in [3.05, 3.63) is 29.8 Å². The van der Waals surface area contributed by atoms with Crippen molar-refractivity contribution in [2.24, 2.45) is 5.73 Å². The molecule has 0 aliphatic carbocycles. The van der Waals surface area contributed by atoms with Gasteiger partial charge in [-0.15, -0.1) is 0 Å². The Morgan fingerprint density at radius 1 is 1.47 bits per heavy atom. The highest BCUT2D eigenvalue weighted by Gasteiger charge is 2.30. The van der Waals surface area contributed by atoms with E-state index < -0.39 is 10.0 Å². The van der Waals surface area contributed by atoms with Crippen LogP contribution in [-0.4, -0.2) is 39.0 Å². The predicted octanol–water partition coefficient (Wildman–Crippen LogP) is 0.945. The van der Waals surface area contributed by atoms with Crippen molar-refractivity contribution in [2.45, 2.75) is 30.4 Å². The number of methoxy groups -OCH3 is 1. The largest absolute Gasteiger partial charge is 0.380 e. The van der Waals surface area contributed by atoms with Crippen molar-refractivity contribution >= 4 is 10.0 Å². The number of hydrogen-bond acceptors (Lipinski definition) is 4. The summed E-state index contributed by atoms with van der Waals surface area (Å²) in [6.07, 6.45) is 1.72. The van der Waals surface area contributed by atoms with Gasteiger partial charge in [0.2, 0.25) is 10.0 Å². The summed E-state index contributed by atoms with van der Waals surface area (Å²) in [4.78, 5) is 0.312. The smallest absolute Gasteiger partial charge is 0.243 e. The molecular formula is C13H20N2O3S. The van der Waals surface area contributed by atoms with Crippen molar-refractivity contribution in [3.63, 3.8) is 0 Å². The molecule has 2 N–H and O–H groups in total. The van der Waals surface area contributed by atoms with Gasteiger partial charge in [-0.1, -0.05) is 12.1 Å². The van der Waals surface area contributed by atoms with Crippen molar-refractivity contribution in [2.75, 3.05) is 20.2 Å². The summed E-state index contributed by atoms with van der Waals surface area (Å²) in [7, 11) is -1.82. The second-order valence-corrected chi connectivity index (χ2v) is 6.65. The van der Waals surface area contributed by atoms with E-state index in [1.165, 1.54) is 4.31 Å². The third-order valence-corrected chi connectivity index (χ3v) is 5.31. The Labute approximate surface area is 114 Å². The number of benzene rings is 1. The molecule has 0 aromatic heterocycles. The van der Waals surface area contributed by atoms with Crippen LogP contribution in [0.3, 0.4) is 0 Å². The first kappa shape index (κ1) is 14.5. The van der Waals surface area contributed by atoms with Crippen LogP contribution in [0.5, 0.6) is 0 Å². The lowest BCUT2D eigenvalue weighted by atomic mass is 10.1. The summed E-state index contributed by atoms with van der Waals surface area (Å²) in [6.45, 7) is 1.31. The van der Waals surface area contributed by atoms with Crippen molar-refractivity contribution < 1.29 is 13.2 Å². The summed E-state index contributed by atoms with van der Waals surface area (Å²) in [5, 5.41) is 0. The summed E-state index contributed by atoms with van der Waals surface area (Å²) in [6, 6.07) is 6.82. The first-order valence-electron chi connectivity index (χ1n) is 6.40. The average Bonchev–Trinajstić information content (AvgIpc) is 2.47. The lowest BCUT2D eigenvalue weighted by Gasteiger charge is -2.31. The summed E-state index contributed by atoms with van der Waals surface area (Å²) in [5.74, 6) is 0. The lowest BCUT2D eigenvalue weighted by Crippen LogP contribution is -2.42. The number of nitrogens with two attached hydrogens (primary N) is 1. The van der Waals surface area contributed by atoms with Crippen LogP contribution in [0.2, 0.25) is 0 Å². The van der Waals surface area contributed by atoms with Crippen LogP contribution in [0.4, 0.5) is 0 Å². The zero-order chi connectivity index (χ0) is 13.9. The molecule has 0 amide bonds. The van der Waals surface area contributed by atoms with Gasteiger partial charge < -0.3 is 10.5 Å². The Morgan fingerprint density at radius 2 is 2.26 bits per heavy atom. The molecule has 1 atom stereocenters. The molecule has 1 aliphatic heterocycles. The van der Waals surface area contributed by atoms with Gasteiger partial charge in [-0.05, 0) is 30.5 Å². The van der Waals surface area contributed by atoms with E-state index in [2.05, 4.69) is 0 Å². The van der Waals surface area contributed by atoms with Gasteiger partial charge in [-0.2, -0.15) is 4.31 Å². The van der Waals surface area contributed by atoms with Crippen LogP contribution in [0.1, 0.15) is 18.4 Å². The molecule has 1 aromatic rings. The normalized spacial score (nSPS) is 21.5. The number of rotatable bonds is 4.